The third-order valence-electron chi connectivity index (χ3n) is 4.93. The van der Waals surface area contributed by atoms with Crippen LogP contribution < -0.4 is 10.5 Å². The Hall–Kier alpha value is -1.01. The zero-order chi connectivity index (χ0) is 21.1. The molecule has 0 aliphatic carbocycles. The first-order valence-electron chi connectivity index (χ1n) is 9.67. The molecule has 11 heteroatoms. The van der Waals surface area contributed by atoms with Gasteiger partial charge in [-0.15, -0.1) is 23.7 Å². The van der Waals surface area contributed by atoms with Crippen LogP contribution in [0.1, 0.15) is 43.4 Å². The van der Waals surface area contributed by atoms with E-state index in [0.717, 1.165) is 37.0 Å². The highest BCUT2D eigenvalue weighted by atomic mass is 35.5. The Labute approximate surface area is 189 Å². The average Bonchev–Trinajstić information content (AvgIpc) is 3.14. The van der Waals surface area contributed by atoms with Crippen LogP contribution in [0.15, 0.2) is 44.8 Å². The minimum atomic E-state index is -3.95. The zero-order valence-electron chi connectivity index (χ0n) is 16.8. The molecule has 3 rings (SSSR count). The first kappa shape index (κ1) is 25.3. The number of fused-ring (bicyclic) bond motifs is 1. The van der Waals surface area contributed by atoms with Crippen molar-refractivity contribution >= 4 is 43.8 Å². The minimum Gasteiger partial charge on any atom is -0.309 e. The van der Waals surface area contributed by atoms with E-state index in [2.05, 4.69) is 17.4 Å². The van der Waals surface area contributed by atoms with Crippen molar-refractivity contribution in [2.24, 2.45) is 5.14 Å². The first-order valence-corrected chi connectivity index (χ1v) is 13.5. The summed E-state index contributed by atoms with van der Waals surface area (Å²) in [5, 5.41) is 8.59. The van der Waals surface area contributed by atoms with Crippen LogP contribution in [0.3, 0.4) is 0 Å². The van der Waals surface area contributed by atoms with Crippen molar-refractivity contribution < 1.29 is 16.8 Å². The lowest BCUT2D eigenvalue weighted by atomic mass is 10.1. The summed E-state index contributed by atoms with van der Waals surface area (Å²) in [5.41, 5.74) is 1.74. The molecule has 1 atom stereocenters. The van der Waals surface area contributed by atoms with Gasteiger partial charge < -0.3 is 5.32 Å². The summed E-state index contributed by atoms with van der Waals surface area (Å²) in [7, 11) is -7.69. The number of unbranched alkanes of at least 4 members (excludes halogenated alkanes) is 1. The molecular weight excluding hydrogens is 466 g/mol. The van der Waals surface area contributed by atoms with Gasteiger partial charge in [-0.1, -0.05) is 37.3 Å². The molecule has 2 aromatic rings. The van der Waals surface area contributed by atoms with Gasteiger partial charge in [0.05, 0.1) is 0 Å². The van der Waals surface area contributed by atoms with Crippen molar-refractivity contribution in [3.8, 4) is 0 Å². The minimum absolute atomic E-state index is 0. The van der Waals surface area contributed by atoms with Gasteiger partial charge in [-0.05, 0) is 43.9 Å². The zero-order valence-corrected chi connectivity index (χ0v) is 20.0. The van der Waals surface area contributed by atoms with Crippen LogP contribution in [0, 0.1) is 0 Å². The summed E-state index contributed by atoms with van der Waals surface area (Å²) >= 11 is 0.744. The third kappa shape index (κ3) is 5.82. The number of nitrogens with two attached hydrogens (primary N) is 1. The number of sulfonamides is 2. The van der Waals surface area contributed by atoms with Crippen molar-refractivity contribution in [1.82, 2.24) is 9.62 Å². The summed E-state index contributed by atoms with van der Waals surface area (Å²) in [6.07, 6.45) is 3.40. The predicted molar refractivity (Wildman–Crippen MR) is 122 cm³/mol. The molecule has 3 N–H and O–H groups in total. The summed E-state index contributed by atoms with van der Waals surface area (Å²) < 4.78 is 51.2. The number of benzene rings is 1. The smallest absolute Gasteiger partial charge is 0.252 e. The van der Waals surface area contributed by atoms with Gasteiger partial charge in [-0.3, -0.25) is 0 Å². The molecule has 168 valence electrons. The maximum absolute atomic E-state index is 13.1. The topological polar surface area (TPSA) is 110 Å². The Morgan fingerprint density at radius 1 is 1.23 bits per heavy atom. The summed E-state index contributed by atoms with van der Waals surface area (Å²) in [6.45, 7) is 3.44. The van der Waals surface area contributed by atoms with E-state index in [1.807, 2.05) is 25.1 Å². The molecule has 1 aliphatic rings. The van der Waals surface area contributed by atoms with Gasteiger partial charge in [0, 0.05) is 24.7 Å². The van der Waals surface area contributed by atoms with Gasteiger partial charge in [0.1, 0.15) is 8.42 Å². The van der Waals surface area contributed by atoms with Gasteiger partial charge in [0.2, 0.25) is 10.0 Å². The molecule has 7 nitrogen and oxygen atoms in total. The van der Waals surface area contributed by atoms with Gasteiger partial charge >= 0.3 is 0 Å². The van der Waals surface area contributed by atoms with Gasteiger partial charge in [0.25, 0.3) is 10.0 Å². The number of primary sulfonamides is 1. The second kappa shape index (κ2) is 10.5. The number of nitrogens with one attached hydrogen (secondary N) is 1. The molecule has 0 amide bonds. The second-order valence-electron chi connectivity index (χ2n) is 7.17. The van der Waals surface area contributed by atoms with Crippen molar-refractivity contribution in [1.29, 1.82) is 0 Å². The van der Waals surface area contributed by atoms with E-state index < -0.39 is 20.0 Å². The van der Waals surface area contributed by atoms with Crippen molar-refractivity contribution in [3.63, 3.8) is 0 Å². The summed E-state index contributed by atoms with van der Waals surface area (Å²) in [5.74, 6) is 0. The average molecular weight is 494 g/mol. The number of halogens is 1. The highest BCUT2D eigenvalue weighted by Crippen LogP contribution is 2.40. The molecular formula is C19H28ClN3O4S3. The first-order chi connectivity index (χ1) is 13.7. The number of hydrogen-bond acceptors (Lipinski definition) is 6. The molecule has 0 bridgehead atoms. The predicted octanol–water partition coefficient (Wildman–Crippen LogP) is 2.89. The fourth-order valence-electron chi connectivity index (χ4n) is 3.43. The van der Waals surface area contributed by atoms with Crippen molar-refractivity contribution in [2.45, 2.75) is 47.1 Å². The molecule has 1 aromatic heterocycles. The van der Waals surface area contributed by atoms with Crippen LogP contribution in [0.2, 0.25) is 0 Å². The maximum atomic E-state index is 13.1. The lowest BCUT2D eigenvalue weighted by Gasteiger charge is -2.32. The van der Waals surface area contributed by atoms with E-state index in [9.17, 15) is 16.8 Å². The molecule has 1 aromatic carbocycles. The van der Waals surface area contributed by atoms with Gasteiger partial charge in [0.15, 0.2) is 0 Å². The maximum Gasteiger partial charge on any atom is 0.252 e. The summed E-state index contributed by atoms with van der Waals surface area (Å²) in [6, 6.07) is 11.3. The van der Waals surface area contributed by atoms with E-state index in [1.165, 1.54) is 15.9 Å². The number of nitrogens with zero attached hydrogens (tertiary/aromatic N) is 1. The Kier molecular flexibility index (Phi) is 8.87. The van der Waals surface area contributed by atoms with Crippen LogP contribution in [0.5, 0.6) is 0 Å². The number of thiophene rings is 1. The SMILES string of the molecule is CCCNC1CN(CCCCc2ccccc2)S(=O)(=O)c2sc(S(N)(=O)=O)cc21.Cl. The van der Waals surface area contributed by atoms with Crippen LogP contribution >= 0.6 is 23.7 Å². The van der Waals surface area contributed by atoms with Crippen LogP contribution in [-0.4, -0.2) is 40.8 Å². The molecule has 30 heavy (non-hydrogen) atoms. The monoisotopic (exact) mass is 493 g/mol. The Morgan fingerprint density at radius 2 is 1.93 bits per heavy atom. The van der Waals surface area contributed by atoms with Crippen molar-refractivity contribution in [2.75, 3.05) is 19.6 Å². The lowest BCUT2D eigenvalue weighted by molar-refractivity contribution is 0.336. The fourth-order valence-corrected chi connectivity index (χ4v) is 7.74. The Balaban J connectivity index is 0.00000320. The standard InChI is InChI=1S/C19H27N3O4S3.ClH/c1-2-11-21-17-14-22(12-7-6-10-15-8-4-3-5-9-15)29(25,26)19-16(17)13-18(27-19)28(20,23)24;/h3-5,8-9,13,17,21H,2,6-7,10-12,14H2,1H3,(H2,20,23,24);1H. The van der Waals surface area contributed by atoms with E-state index in [0.29, 0.717) is 25.2 Å². The summed E-state index contributed by atoms with van der Waals surface area (Å²) in [4.78, 5) is 0. The largest absolute Gasteiger partial charge is 0.309 e. The highest BCUT2D eigenvalue weighted by Gasteiger charge is 2.39. The highest BCUT2D eigenvalue weighted by molar-refractivity contribution is 7.94. The Bertz CT molecular complexity index is 1040. The molecule has 0 saturated heterocycles. The Morgan fingerprint density at radius 3 is 2.57 bits per heavy atom. The molecule has 1 unspecified atom stereocenters. The molecule has 0 radical (unpaired) electrons. The molecule has 0 spiro atoms. The normalized spacial score (nSPS) is 18.5. The third-order valence-corrected chi connectivity index (χ3v) is 9.89. The van der Waals surface area contributed by atoms with Crippen LogP contribution in [0.25, 0.3) is 0 Å². The lowest BCUT2D eigenvalue weighted by Crippen LogP contribution is -2.43. The van der Waals surface area contributed by atoms with Crippen LogP contribution in [0.4, 0.5) is 0 Å². The molecule has 0 saturated carbocycles. The number of aryl methyl sites for hydroxylation is 1. The van der Waals surface area contributed by atoms with Crippen molar-refractivity contribution in [3.05, 3.63) is 47.5 Å². The molecule has 2 heterocycles. The fraction of sp³-hybridized carbons (Fsp3) is 0.474. The number of hydrogen-bond donors (Lipinski definition) is 2. The van der Waals surface area contributed by atoms with Gasteiger partial charge in [-0.25, -0.2) is 22.0 Å². The molecule has 0 fully saturated rings. The quantitative estimate of drug-likeness (QED) is 0.522. The second-order valence-corrected chi connectivity index (χ2v) is 12.1. The molecule has 1 aliphatic heterocycles. The van der Waals surface area contributed by atoms with E-state index >= 15 is 0 Å². The van der Waals surface area contributed by atoms with E-state index in [-0.39, 0.29) is 26.9 Å². The van der Waals surface area contributed by atoms with E-state index in [1.54, 1.807) is 0 Å². The van der Waals surface area contributed by atoms with Gasteiger partial charge in [-0.2, -0.15) is 4.31 Å². The number of rotatable bonds is 9. The van der Waals surface area contributed by atoms with Crippen LogP contribution in [-0.2, 0) is 26.5 Å². The van der Waals surface area contributed by atoms with E-state index in [4.69, 9.17) is 5.14 Å².